The molecule has 20 heavy (non-hydrogen) atoms. The van der Waals surface area contributed by atoms with E-state index in [1.165, 1.54) is 0 Å². The summed E-state index contributed by atoms with van der Waals surface area (Å²) < 4.78 is 1.17. The van der Waals surface area contributed by atoms with Gasteiger partial charge in [-0.2, -0.15) is 5.10 Å². The molecule has 0 spiro atoms. The minimum atomic E-state index is 0.152. The summed E-state index contributed by atoms with van der Waals surface area (Å²) in [5, 5.41) is 14.7. The molecule has 0 heterocycles. The smallest absolute Gasteiger partial charge is 0.143 e. The number of halogens is 4. The molecular weight excluding hydrogens is 431 g/mol. The van der Waals surface area contributed by atoms with E-state index in [0.29, 0.717) is 19.0 Å². The molecule has 7 heteroatoms. The zero-order valence-corrected chi connectivity index (χ0v) is 14.6. The van der Waals surface area contributed by atoms with Crippen LogP contribution in [0.2, 0.25) is 10.0 Å². The number of phenols is 1. The first-order valence-electron chi connectivity index (χ1n) is 5.39. The SMILES string of the molecule is Oc1c(Br)cc(C=NNc2ccc(Cl)c(Cl)c2)cc1Br. The molecule has 104 valence electrons. The van der Waals surface area contributed by atoms with E-state index >= 15 is 0 Å². The molecule has 0 radical (unpaired) electrons. The van der Waals surface area contributed by atoms with Crippen molar-refractivity contribution in [1.29, 1.82) is 0 Å². The maximum atomic E-state index is 9.61. The Morgan fingerprint density at radius 1 is 1.05 bits per heavy atom. The average Bonchev–Trinajstić information content (AvgIpc) is 2.40. The average molecular weight is 439 g/mol. The highest BCUT2D eigenvalue weighted by Crippen LogP contribution is 2.32. The van der Waals surface area contributed by atoms with Crippen molar-refractivity contribution < 1.29 is 5.11 Å². The summed E-state index contributed by atoms with van der Waals surface area (Å²) in [6.45, 7) is 0. The van der Waals surface area contributed by atoms with Gasteiger partial charge in [0.1, 0.15) is 5.75 Å². The molecule has 0 bridgehead atoms. The third-order valence-electron chi connectivity index (χ3n) is 2.37. The van der Waals surface area contributed by atoms with Crippen LogP contribution in [0.15, 0.2) is 44.4 Å². The first-order chi connectivity index (χ1) is 9.47. The largest absolute Gasteiger partial charge is 0.506 e. The van der Waals surface area contributed by atoms with E-state index in [4.69, 9.17) is 23.2 Å². The van der Waals surface area contributed by atoms with Crippen LogP contribution in [0.5, 0.6) is 5.75 Å². The van der Waals surface area contributed by atoms with Gasteiger partial charge < -0.3 is 5.11 Å². The Balaban J connectivity index is 2.12. The summed E-state index contributed by atoms with van der Waals surface area (Å²) in [7, 11) is 0. The minimum absolute atomic E-state index is 0.152. The van der Waals surface area contributed by atoms with Crippen LogP contribution in [0.25, 0.3) is 0 Å². The Kier molecular flexibility index (Phi) is 5.32. The summed E-state index contributed by atoms with van der Waals surface area (Å²) in [6.07, 6.45) is 1.62. The highest BCUT2D eigenvalue weighted by atomic mass is 79.9. The van der Waals surface area contributed by atoms with Crippen molar-refractivity contribution in [2.24, 2.45) is 5.10 Å². The highest BCUT2D eigenvalue weighted by Gasteiger charge is 2.04. The number of hydrazone groups is 1. The van der Waals surface area contributed by atoms with E-state index in [1.807, 2.05) is 0 Å². The number of benzene rings is 2. The van der Waals surface area contributed by atoms with Crippen LogP contribution in [-0.4, -0.2) is 11.3 Å². The molecule has 2 N–H and O–H groups in total. The summed E-state index contributed by atoms with van der Waals surface area (Å²) in [6, 6.07) is 8.65. The predicted molar refractivity (Wildman–Crippen MR) is 91.2 cm³/mol. The number of rotatable bonds is 3. The Bertz CT molecular complexity index is 654. The van der Waals surface area contributed by atoms with Crippen molar-refractivity contribution in [3.8, 4) is 5.75 Å². The Labute approximate surface area is 142 Å². The zero-order chi connectivity index (χ0) is 14.7. The number of nitrogens with one attached hydrogen (secondary N) is 1. The third-order valence-corrected chi connectivity index (χ3v) is 4.31. The third kappa shape index (κ3) is 3.88. The molecule has 0 saturated carbocycles. The van der Waals surface area contributed by atoms with E-state index in [-0.39, 0.29) is 5.75 Å². The van der Waals surface area contributed by atoms with Crippen LogP contribution in [0.3, 0.4) is 0 Å². The standard InChI is InChI=1S/C13H8Br2Cl2N2O/c14-9-3-7(4-10(15)13(9)20)6-18-19-8-1-2-11(16)12(17)5-8/h1-6,19-20H. The van der Waals surface area contributed by atoms with Crippen LogP contribution in [-0.2, 0) is 0 Å². The number of aromatic hydroxyl groups is 1. The molecule has 0 amide bonds. The summed E-state index contributed by atoms with van der Waals surface area (Å²) in [4.78, 5) is 0. The quantitative estimate of drug-likeness (QED) is 0.479. The number of nitrogens with zero attached hydrogens (tertiary/aromatic N) is 1. The Morgan fingerprint density at radius 3 is 2.30 bits per heavy atom. The molecule has 0 saturated heterocycles. The number of phenolic OH excluding ortho intramolecular Hbond substituents is 1. The fraction of sp³-hybridized carbons (Fsp3) is 0. The van der Waals surface area contributed by atoms with Gasteiger partial charge in [0.25, 0.3) is 0 Å². The number of anilines is 1. The van der Waals surface area contributed by atoms with Crippen LogP contribution in [0.1, 0.15) is 5.56 Å². The van der Waals surface area contributed by atoms with Crippen molar-refractivity contribution in [3.05, 3.63) is 54.9 Å². The highest BCUT2D eigenvalue weighted by molar-refractivity contribution is 9.11. The summed E-state index contributed by atoms with van der Waals surface area (Å²) >= 11 is 18.2. The molecule has 0 aromatic heterocycles. The normalized spacial score (nSPS) is 11.0. The van der Waals surface area contributed by atoms with Crippen LogP contribution < -0.4 is 5.43 Å². The van der Waals surface area contributed by atoms with Gasteiger partial charge in [-0.3, -0.25) is 5.43 Å². The molecule has 0 aliphatic rings. The van der Waals surface area contributed by atoms with Gasteiger partial charge in [0.2, 0.25) is 0 Å². The van der Waals surface area contributed by atoms with Crippen molar-refractivity contribution in [2.45, 2.75) is 0 Å². The molecule has 0 aliphatic heterocycles. The summed E-state index contributed by atoms with van der Waals surface area (Å²) in [5.74, 6) is 0.152. The van der Waals surface area contributed by atoms with Crippen LogP contribution in [0.4, 0.5) is 5.69 Å². The van der Waals surface area contributed by atoms with Gasteiger partial charge in [-0.1, -0.05) is 23.2 Å². The fourth-order valence-electron chi connectivity index (χ4n) is 1.41. The molecule has 2 rings (SSSR count). The second-order valence-corrected chi connectivity index (χ2v) is 6.36. The topological polar surface area (TPSA) is 44.6 Å². The van der Waals surface area contributed by atoms with E-state index in [2.05, 4.69) is 42.4 Å². The minimum Gasteiger partial charge on any atom is -0.506 e. The lowest BCUT2D eigenvalue weighted by Crippen LogP contribution is -1.91. The molecule has 3 nitrogen and oxygen atoms in total. The van der Waals surface area contributed by atoms with Crippen molar-refractivity contribution in [2.75, 3.05) is 5.43 Å². The molecule has 0 fully saturated rings. The number of hydrogen-bond donors (Lipinski definition) is 2. The Hall–Kier alpha value is -0.750. The second-order valence-electron chi connectivity index (χ2n) is 3.83. The molecule has 0 unspecified atom stereocenters. The van der Waals surface area contributed by atoms with Crippen LogP contribution in [0, 0.1) is 0 Å². The molecule has 0 aliphatic carbocycles. The van der Waals surface area contributed by atoms with Gasteiger partial charge in [0.05, 0.1) is 30.9 Å². The maximum absolute atomic E-state index is 9.61. The van der Waals surface area contributed by atoms with E-state index in [9.17, 15) is 5.11 Å². The molecular formula is C13H8Br2Cl2N2O. The van der Waals surface area contributed by atoms with E-state index in [0.717, 1.165) is 11.3 Å². The first-order valence-corrected chi connectivity index (χ1v) is 7.73. The van der Waals surface area contributed by atoms with Crippen molar-refractivity contribution >= 4 is 67.0 Å². The molecule has 0 atom stereocenters. The molecule has 2 aromatic rings. The Morgan fingerprint density at radius 2 is 1.70 bits per heavy atom. The number of hydrogen-bond acceptors (Lipinski definition) is 3. The van der Waals surface area contributed by atoms with Gasteiger partial charge in [0, 0.05) is 0 Å². The van der Waals surface area contributed by atoms with E-state index in [1.54, 1.807) is 36.5 Å². The maximum Gasteiger partial charge on any atom is 0.143 e. The monoisotopic (exact) mass is 436 g/mol. The lowest BCUT2D eigenvalue weighted by molar-refractivity contribution is 0.468. The van der Waals surface area contributed by atoms with Crippen molar-refractivity contribution in [1.82, 2.24) is 0 Å². The van der Waals surface area contributed by atoms with Gasteiger partial charge in [0.15, 0.2) is 0 Å². The van der Waals surface area contributed by atoms with Crippen molar-refractivity contribution in [3.63, 3.8) is 0 Å². The lowest BCUT2D eigenvalue weighted by atomic mass is 10.2. The van der Waals surface area contributed by atoms with Crippen LogP contribution >= 0.6 is 55.1 Å². The van der Waals surface area contributed by atoms with E-state index < -0.39 is 0 Å². The van der Waals surface area contributed by atoms with Gasteiger partial charge in [-0.15, -0.1) is 0 Å². The van der Waals surface area contributed by atoms with Gasteiger partial charge >= 0.3 is 0 Å². The fourth-order valence-corrected chi connectivity index (χ4v) is 2.93. The predicted octanol–water partition coefficient (Wildman–Crippen LogP) is 5.67. The van der Waals surface area contributed by atoms with Gasteiger partial charge in [-0.05, 0) is 67.8 Å². The zero-order valence-electron chi connectivity index (χ0n) is 9.87. The molecule has 2 aromatic carbocycles. The first kappa shape index (κ1) is 15.6. The lowest BCUT2D eigenvalue weighted by Gasteiger charge is -2.03. The second kappa shape index (κ2) is 6.80. The summed E-state index contributed by atoms with van der Waals surface area (Å²) in [5.41, 5.74) is 4.39. The van der Waals surface area contributed by atoms with Gasteiger partial charge in [-0.25, -0.2) is 0 Å².